The van der Waals surface area contributed by atoms with Crippen LogP contribution in [0.3, 0.4) is 0 Å². The molecular formula is C21H24N2OS. The number of rotatable bonds is 6. The molecule has 1 aromatic heterocycles. The van der Waals surface area contributed by atoms with Gasteiger partial charge in [0.15, 0.2) is 4.80 Å². The maximum atomic E-state index is 9.49. The van der Waals surface area contributed by atoms with Gasteiger partial charge in [-0.1, -0.05) is 50.2 Å². The van der Waals surface area contributed by atoms with Crippen LogP contribution in [-0.2, 0) is 19.4 Å². The van der Waals surface area contributed by atoms with E-state index in [1.807, 2.05) is 0 Å². The summed E-state index contributed by atoms with van der Waals surface area (Å²) in [5.41, 5.74) is 5.84. The monoisotopic (exact) mass is 352 g/mol. The van der Waals surface area contributed by atoms with Crippen molar-refractivity contribution in [3.63, 3.8) is 0 Å². The van der Waals surface area contributed by atoms with Gasteiger partial charge in [-0.15, -0.1) is 11.3 Å². The van der Waals surface area contributed by atoms with Crippen LogP contribution in [0.25, 0.3) is 11.3 Å². The quantitative estimate of drug-likeness (QED) is 0.693. The zero-order chi connectivity index (χ0) is 17.6. The number of thiazole rings is 1. The Kier molecular flexibility index (Phi) is 5.84. The molecule has 1 N–H and O–H groups in total. The number of nitrogens with zero attached hydrogens (tertiary/aromatic N) is 2. The van der Waals surface area contributed by atoms with Gasteiger partial charge in [-0.3, -0.25) is 0 Å². The molecule has 0 aliphatic carbocycles. The number of aliphatic hydroxyl groups excluding tert-OH is 1. The van der Waals surface area contributed by atoms with Crippen molar-refractivity contribution >= 4 is 17.0 Å². The van der Waals surface area contributed by atoms with Crippen LogP contribution in [0.5, 0.6) is 0 Å². The van der Waals surface area contributed by atoms with Crippen LogP contribution in [0.1, 0.15) is 25.0 Å². The number of aromatic nitrogens is 1. The van der Waals surface area contributed by atoms with Gasteiger partial charge in [0.05, 0.1) is 18.0 Å². The van der Waals surface area contributed by atoms with E-state index in [-0.39, 0.29) is 6.61 Å². The van der Waals surface area contributed by atoms with Gasteiger partial charge in [0.25, 0.3) is 0 Å². The van der Waals surface area contributed by atoms with Crippen molar-refractivity contribution in [2.24, 2.45) is 4.99 Å². The largest absolute Gasteiger partial charge is 0.395 e. The average Bonchev–Trinajstić information content (AvgIpc) is 3.05. The molecule has 0 spiro atoms. The third kappa shape index (κ3) is 4.09. The Hall–Kier alpha value is -2.17. The molecule has 0 aliphatic rings. The molecule has 0 unspecified atom stereocenters. The molecular weight excluding hydrogens is 328 g/mol. The third-order valence-electron chi connectivity index (χ3n) is 4.35. The molecule has 1 heterocycles. The second-order valence-electron chi connectivity index (χ2n) is 5.96. The molecule has 130 valence electrons. The smallest absolute Gasteiger partial charge is 0.190 e. The summed E-state index contributed by atoms with van der Waals surface area (Å²) in [6, 6.07) is 17.0. The van der Waals surface area contributed by atoms with Crippen molar-refractivity contribution in [3.05, 3.63) is 69.8 Å². The predicted molar refractivity (Wildman–Crippen MR) is 105 cm³/mol. The van der Waals surface area contributed by atoms with E-state index in [0.29, 0.717) is 6.54 Å². The lowest BCUT2D eigenvalue weighted by Crippen LogP contribution is -2.17. The summed E-state index contributed by atoms with van der Waals surface area (Å²) in [6.45, 7) is 4.95. The van der Waals surface area contributed by atoms with E-state index in [9.17, 15) is 5.11 Å². The summed E-state index contributed by atoms with van der Waals surface area (Å²) >= 11 is 1.61. The lowest BCUT2D eigenvalue weighted by atomic mass is 10.1. The fourth-order valence-corrected chi connectivity index (χ4v) is 3.75. The minimum atomic E-state index is 0.0960. The second-order valence-corrected chi connectivity index (χ2v) is 6.80. The predicted octanol–water partition coefficient (Wildman–Crippen LogP) is 4.57. The maximum absolute atomic E-state index is 9.49. The lowest BCUT2D eigenvalue weighted by molar-refractivity contribution is 0.275. The van der Waals surface area contributed by atoms with Crippen molar-refractivity contribution < 1.29 is 5.11 Å². The van der Waals surface area contributed by atoms with Crippen LogP contribution in [-0.4, -0.2) is 16.3 Å². The summed E-state index contributed by atoms with van der Waals surface area (Å²) in [6.07, 6.45) is 2.07. The number of hydrogen-bond donors (Lipinski definition) is 1. The molecule has 3 aromatic rings. The Morgan fingerprint density at radius 1 is 0.920 bits per heavy atom. The van der Waals surface area contributed by atoms with Crippen molar-refractivity contribution in [1.29, 1.82) is 0 Å². The molecule has 3 nitrogen and oxygen atoms in total. The molecule has 0 radical (unpaired) electrons. The first-order valence-corrected chi connectivity index (χ1v) is 9.65. The molecule has 4 heteroatoms. The highest BCUT2D eigenvalue weighted by Gasteiger charge is 2.08. The maximum Gasteiger partial charge on any atom is 0.190 e. The van der Waals surface area contributed by atoms with E-state index < -0.39 is 0 Å². The number of hydrogen-bond acceptors (Lipinski definition) is 3. The fourth-order valence-electron chi connectivity index (χ4n) is 2.79. The van der Waals surface area contributed by atoms with Crippen molar-refractivity contribution in [2.45, 2.75) is 33.2 Å². The van der Waals surface area contributed by atoms with Crippen LogP contribution in [0.2, 0.25) is 0 Å². The zero-order valence-corrected chi connectivity index (χ0v) is 15.6. The molecule has 0 bridgehead atoms. The number of aryl methyl sites for hydroxylation is 2. The Morgan fingerprint density at radius 2 is 1.52 bits per heavy atom. The van der Waals surface area contributed by atoms with E-state index in [1.165, 1.54) is 11.1 Å². The minimum Gasteiger partial charge on any atom is -0.395 e. The fraction of sp³-hybridized carbons (Fsp3) is 0.286. The SMILES string of the molecule is CCc1ccc(N=c2scc(-c3ccc(CC)cc3)n2CCO)cc1. The van der Waals surface area contributed by atoms with Gasteiger partial charge in [0.2, 0.25) is 0 Å². The Morgan fingerprint density at radius 3 is 2.08 bits per heavy atom. The molecule has 0 aliphatic heterocycles. The molecule has 0 amide bonds. The molecule has 2 aromatic carbocycles. The van der Waals surface area contributed by atoms with E-state index in [0.717, 1.165) is 34.6 Å². The average molecular weight is 353 g/mol. The van der Waals surface area contributed by atoms with Crippen LogP contribution < -0.4 is 4.80 Å². The highest BCUT2D eigenvalue weighted by Crippen LogP contribution is 2.22. The summed E-state index contributed by atoms with van der Waals surface area (Å²) in [5.74, 6) is 0. The molecule has 0 saturated heterocycles. The number of aliphatic hydroxyl groups is 1. The van der Waals surface area contributed by atoms with Crippen LogP contribution in [0.15, 0.2) is 58.9 Å². The van der Waals surface area contributed by atoms with Crippen molar-refractivity contribution in [2.75, 3.05) is 6.61 Å². The topological polar surface area (TPSA) is 37.5 Å². The van der Waals surface area contributed by atoms with Crippen LogP contribution in [0, 0.1) is 0 Å². The molecule has 3 rings (SSSR count). The van der Waals surface area contributed by atoms with E-state index in [2.05, 4.69) is 72.3 Å². The Bertz CT molecular complexity index is 874. The van der Waals surface area contributed by atoms with Gasteiger partial charge >= 0.3 is 0 Å². The van der Waals surface area contributed by atoms with E-state index in [1.54, 1.807) is 11.3 Å². The van der Waals surface area contributed by atoms with Gasteiger partial charge in [0.1, 0.15) is 0 Å². The van der Waals surface area contributed by atoms with Crippen molar-refractivity contribution in [1.82, 2.24) is 4.57 Å². The summed E-state index contributed by atoms with van der Waals surface area (Å²) in [5, 5.41) is 11.6. The van der Waals surface area contributed by atoms with Crippen molar-refractivity contribution in [3.8, 4) is 11.3 Å². The normalized spacial score (nSPS) is 11.9. The first-order valence-electron chi connectivity index (χ1n) is 8.77. The van der Waals surface area contributed by atoms with Crippen LogP contribution >= 0.6 is 11.3 Å². The Labute approximate surface area is 152 Å². The lowest BCUT2D eigenvalue weighted by Gasteiger charge is -2.08. The van der Waals surface area contributed by atoms with E-state index in [4.69, 9.17) is 4.99 Å². The standard InChI is InChI=1S/C21H24N2OS/c1-3-16-5-9-18(10-6-16)20-15-25-21(23(20)13-14-24)22-19-11-7-17(4-2)8-12-19/h5-12,15,24H,3-4,13-14H2,1-2H3. The molecule has 0 atom stereocenters. The first-order chi connectivity index (χ1) is 12.2. The van der Waals surface area contributed by atoms with E-state index >= 15 is 0 Å². The summed E-state index contributed by atoms with van der Waals surface area (Å²) < 4.78 is 2.10. The highest BCUT2D eigenvalue weighted by atomic mass is 32.1. The van der Waals surface area contributed by atoms with Gasteiger partial charge in [-0.05, 0) is 41.7 Å². The van der Waals surface area contributed by atoms with Gasteiger partial charge in [-0.2, -0.15) is 0 Å². The third-order valence-corrected chi connectivity index (χ3v) is 5.21. The van der Waals surface area contributed by atoms with Crippen LogP contribution in [0.4, 0.5) is 5.69 Å². The van der Waals surface area contributed by atoms with Gasteiger partial charge < -0.3 is 9.67 Å². The molecule has 0 saturated carbocycles. The second kappa shape index (κ2) is 8.28. The van der Waals surface area contributed by atoms with Gasteiger partial charge in [0, 0.05) is 11.9 Å². The van der Waals surface area contributed by atoms with Gasteiger partial charge in [-0.25, -0.2) is 4.99 Å². The number of benzene rings is 2. The summed E-state index contributed by atoms with van der Waals surface area (Å²) in [4.78, 5) is 5.70. The highest BCUT2D eigenvalue weighted by molar-refractivity contribution is 7.07. The zero-order valence-electron chi connectivity index (χ0n) is 14.8. The molecule has 25 heavy (non-hydrogen) atoms. The first kappa shape index (κ1) is 17.6. The Balaban J connectivity index is 2.02. The minimum absolute atomic E-state index is 0.0960. The molecule has 0 fully saturated rings. The summed E-state index contributed by atoms with van der Waals surface area (Å²) in [7, 11) is 0.